The van der Waals surface area contributed by atoms with Crippen molar-refractivity contribution in [3.05, 3.63) is 77.1 Å². The molecule has 0 radical (unpaired) electrons. The summed E-state index contributed by atoms with van der Waals surface area (Å²) in [6.45, 7) is 7.98. The number of carbonyl (C=O) groups is 2. The fourth-order valence-electron chi connectivity index (χ4n) is 3.50. The van der Waals surface area contributed by atoms with Gasteiger partial charge in [0.05, 0.1) is 17.8 Å². The minimum atomic E-state index is -0.309. The fourth-order valence-corrected chi connectivity index (χ4v) is 4.23. The third-order valence-corrected chi connectivity index (χ3v) is 6.41. The van der Waals surface area contributed by atoms with Crippen LogP contribution in [0.15, 0.2) is 59.8 Å². The van der Waals surface area contributed by atoms with Crippen LogP contribution >= 0.6 is 11.8 Å². The van der Waals surface area contributed by atoms with Gasteiger partial charge in [-0.15, -0.1) is 10.2 Å². The molecule has 2 aromatic carbocycles. The van der Waals surface area contributed by atoms with Crippen molar-refractivity contribution in [3.63, 3.8) is 0 Å². The highest BCUT2D eigenvalue weighted by atomic mass is 32.2. The minimum Gasteiger partial charge on any atom is -0.349 e. The van der Waals surface area contributed by atoms with Gasteiger partial charge in [0.15, 0.2) is 11.0 Å². The number of rotatable bonds is 9. The van der Waals surface area contributed by atoms with Crippen molar-refractivity contribution >= 4 is 23.6 Å². The topological polar surface area (TPSA) is 88.9 Å². The van der Waals surface area contributed by atoms with E-state index in [1.807, 2.05) is 87.8 Å². The lowest BCUT2D eigenvalue weighted by atomic mass is 10.0. The van der Waals surface area contributed by atoms with Crippen LogP contribution in [0.3, 0.4) is 0 Å². The third-order valence-electron chi connectivity index (χ3n) is 5.39. The molecule has 33 heavy (non-hydrogen) atoms. The van der Waals surface area contributed by atoms with E-state index in [0.717, 1.165) is 11.1 Å². The maximum Gasteiger partial charge on any atom is 0.251 e. The summed E-state index contributed by atoms with van der Waals surface area (Å²) in [6.07, 6.45) is 0. The van der Waals surface area contributed by atoms with Crippen molar-refractivity contribution in [2.45, 2.75) is 44.9 Å². The van der Waals surface area contributed by atoms with E-state index in [1.165, 1.54) is 11.8 Å². The molecule has 8 heteroatoms. The van der Waals surface area contributed by atoms with Gasteiger partial charge in [0.2, 0.25) is 5.91 Å². The number of amides is 2. The largest absolute Gasteiger partial charge is 0.349 e. The maximum atomic E-state index is 12.8. The summed E-state index contributed by atoms with van der Waals surface area (Å²) in [5, 5.41) is 15.3. The molecule has 1 aromatic heterocycles. The van der Waals surface area contributed by atoms with Gasteiger partial charge >= 0.3 is 0 Å². The number of thioether (sulfide) groups is 1. The lowest BCUT2D eigenvalue weighted by Gasteiger charge is -2.22. The lowest BCUT2D eigenvalue weighted by Crippen LogP contribution is -2.33. The average molecular weight is 466 g/mol. The number of carbonyl (C=O) groups excluding carboxylic acids is 2. The van der Waals surface area contributed by atoms with Crippen LogP contribution < -0.4 is 10.6 Å². The molecule has 3 aromatic rings. The van der Waals surface area contributed by atoms with Crippen molar-refractivity contribution in [2.75, 3.05) is 5.75 Å². The highest BCUT2D eigenvalue weighted by Crippen LogP contribution is 2.24. The van der Waals surface area contributed by atoms with Crippen LogP contribution in [0.25, 0.3) is 0 Å². The molecule has 3 rings (SSSR count). The van der Waals surface area contributed by atoms with E-state index < -0.39 is 0 Å². The summed E-state index contributed by atoms with van der Waals surface area (Å²) in [4.78, 5) is 25.3. The first-order chi connectivity index (χ1) is 15.8. The number of aryl methyl sites for hydroxylation is 1. The van der Waals surface area contributed by atoms with Crippen molar-refractivity contribution < 1.29 is 9.59 Å². The Morgan fingerprint density at radius 1 is 1.00 bits per heavy atom. The molecule has 1 heterocycles. The van der Waals surface area contributed by atoms with E-state index in [1.54, 1.807) is 6.07 Å². The smallest absolute Gasteiger partial charge is 0.251 e. The molecule has 7 nitrogen and oxygen atoms in total. The highest BCUT2D eigenvalue weighted by Gasteiger charge is 2.25. The Balaban J connectivity index is 1.64. The predicted molar refractivity (Wildman–Crippen MR) is 131 cm³/mol. The van der Waals surface area contributed by atoms with Crippen LogP contribution in [0.1, 0.15) is 60.2 Å². The van der Waals surface area contributed by atoms with Crippen molar-refractivity contribution in [1.29, 1.82) is 0 Å². The van der Waals surface area contributed by atoms with E-state index >= 15 is 0 Å². The Labute approximate surface area is 199 Å². The van der Waals surface area contributed by atoms with Crippen molar-refractivity contribution in [2.24, 2.45) is 13.0 Å². The van der Waals surface area contributed by atoms with Crippen LogP contribution in [-0.2, 0) is 11.8 Å². The van der Waals surface area contributed by atoms with Crippen LogP contribution in [0, 0.1) is 12.8 Å². The summed E-state index contributed by atoms with van der Waals surface area (Å²) in [7, 11) is 1.86. The first-order valence-corrected chi connectivity index (χ1v) is 12.0. The van der Waals surface area contributed by atoms with Gasteiger partial charge in [-0.1, -0.05) is 73.6 Å². The normalized spacial score (nSPS) is 12.9. The van der Waals surface area contributed by atoms with Gasteiger partial charge in [-0.3, -0.25) is 9.59 Å². The number of benzene rings is 2. The quantitative estimate of drug-likeness (QED) is 0.462. The van der Waals surface area contributed by atoms with Gasteiger partial charge in [0, 0.05) is 12.6 Å². The first-order valence-electron chi connectivity index (χ1n) is 11.0. The molecule has 0 unspecified atom stereocenters. The Morgan fingerprint density at radius 2 is 1.73 bits per heavy atom. The summed E-state index contributed by atoms with van der Waals surface area (Å²) in [6, 6.07) is 16.9. The van der Waals surface area contributed by atoms with Gasteiger partial charge < -0.3 is 15.2 Å². The molecule has 0 bridgehead atoms. The number of hydrogen-bond donors (Lipinski definition) is 2. The molecular formula is C25H31N5O2S. The van der Waals surface area contributed by atoms with Gasteiger partial charge in [-0.05, 0) is 37.5 Å². The number of aromatic nitrogens is 3. The Bertz CT molecular complexity index is 1100. The zero-order chi connectivity index (χ0) is 24.0. The number of hydrogen-bond acceptors (Lipinski definition) is 5. The number of nitrogens with one attached hydrogen (secondary N) is 2. The van der Waals surface area contributed by atoms with Crippen LogP contribution in [0.5, 0.6) is 0 Å². The van der Waals surface area contributed by atoms with E-state index in [0.29, 0.717) is 16.5 Å². The molecule has 0 aliphatic carbocycles. The second kappa shape index (κ2) is 11.1. The molecule has 2 amide bonds. The molecule has 0 saturated heterocycles. The summed E-state index contributed by atoms with van der Waals surface area (Å²) in [5.74, 6) is 0.768. The zero-order valence-corrected chi connectivity index (χ0v) is 20.5. The average Bonchev–Trinajstić information content (AvgIpc) is 3.16. The Morgan fingerprint density at radius 3 is 2.39 bits per heavy atom. The molecule has 174 valence electrons. The van der Waals surface area contributed by atoms with Gasteiger partial charge in [-0.2, -0.15) is 0 Å². The highest BCUT2D eigenvalue weighted by molar-refractivity contribution is 7.99. The predicted octanol–water partition coefficient (Wildman–Crippen LogP) is 4.22. The SMILES string of the molecule is Cc1cccc(C(=O)N[C@@H](c2nnc(SCC(=O)N[C@H](C)c3ccccc3)n2C)C(C)C)c1. The second-order valence-corrected chi connectivity index (χ2v) is 9.40. The van der Waals surface area contributed by atoms with Crippen molar-refractivity contribution in [3.8, 4) is 0 Å². The Hall–Kier alpha value is -3.13. The second-order valence-electron chi connectivity index (χ2n) is 8.45. The van der Waals surface area contributed by atoms with Crippen LogP contribution in [-0.4, -0.2) is 32.3 Å². The van der Waals surface area contributed by atoms with Gasteiger partial charge in [0.1, 0.15) is 0 Å². The lowest BCUT2D eigenvalue weighted by molar-refractivity contribution is -0.119. The number of nitrogens with zero attached hydrogens (tertiary/aromatic N) is 3. The van der Waals surface area contributed by atoms with Crippen LogP contribution in [0.4, 0.5) is 0 Å². The van der Waals surface area contributed by atoms with E-state index in [9.17, 15) is 9.59 Å². The standard InChI is InChI=1S/C25H31N5O2S/c1-16(2)22(27-24(32)20-13-9-10-17(3)14-20)23-28-29-25(30(23)5)33-15-21(31)26-18(4)19-11-7-6-8-12-19/h6-14,16,18,22H,15H2,1-5H3,(H,26,31)(H,27,32)/t18-,22-/m1/s1. The summed E-state index contributed by atoms with van der Waals surface area (Å²) in [5.41, 5.74) is 2.70. The fraction of sp³-hybridized carbons (Fsp3) is 0.360. The third kappa shape index (κ3) is 6.44. The molecule has 0 aliphatic rings. The van der Waals surface area contributed by atoms with Crippen LogP contribution in [0.2, 0.25) is 0 Å². The Kier molecular flexibility index (Phi) is 8.27. The van der Waals surface area contributed by atoms with Crippen molar-refractivity contribution in [1.82, 2.24) is 25.4 Å². The van der Waals surface area contributed by atoms with E-state index in [-0.39, 0.29) is 35.6 Å². The molecule has 2 atom stereocenters. The zero-order valence-electron chi connectivity index (χ0n) is 19.7. The maximum absolute atomic E-state index is 12.8. The molecule has 2 N–H and O–H groups in total. The molecule has 0 aliphatic heterocycles. The monoisotopic (exact) mass is 465 g/mol. The van der Waals surface area contributed by atoms with Gasteiger partial charge in [-0.25, -0.2) is 0 Å². The molecule has 0 spiro atoms. The molecule has 0 fully saturated rings. The van der Waals surface area contributed by atoms with E-state index in [4.69, 9.17) is 0 Å². The first kappa shape index (κ1) is 24.5. The summed E-state index contributed by atoms with van der Waals surface area (Å²) < 4.78 is 1.85. The van der Waals surface area contributed by atoms with E-state index in [2.05, 4.69) is 20.8 Å². The summed E-state index contributed by atoms with van der Waals surface area (Å²) >= 11 is 1.32. The molecular weight excluding hydrogens is 434 g/mol. The van der Waals surface area contributed by atoms with Gasteiger partial charge in [0.25, 0.3) is 5.91 Å². The minimum absolute atomic E-state index is 0.0727. The molecule has 0 saturated carbocycles.